The van der Waals surface area contributed by atoms with Gasteiger partial charge in [0.05, 0.1) is 22.5 Å². The van der Waals surface area contributed by atoms with Crippen LogP contribution in [0, 0.1) is 6.92 Å². The summed E-state index contributed by atoms with van der Waals surface area (Å²) in [6.45, 7) is 4.13. The number of aryl methyl sites for hydroxylation is 1. The Morgan fingerprint density at radius 2 is 2.09 bits per heavy atom. The van der Waals surface area contributed by atoms with Crippen LogP contribution in [0.4, 0.5) is 21.6 Å². The van der Waals surface area contributed by atoms with Gasteiger partial charge in [-0.3, -0.25) is 10.6 Å². The number of thiazole rings is 1. The van der Waals surface area contributed by atoms with Crippen LogP contribution in [-0.4, -0.2) is 62.8 Å². The van der Waals surface area contributed by atoms with Crippen LogP contribution in [-0.2, 0) is 13.0 Å². The number of anilines is 3. The molecule has 32 heavy (non-hydrogen) atoms. The third-order valence-electron chi connectivity index (χ3n) is 4.58. The third kappa shape index (κ3) is 5.58. The number of amides is 2. The predicted molar refractivity (Wildman–Crippen MR) is 130 cm³/mol. The van der Waals surface area contributed by atoms with E-state index in [0.29, 0.717) is 24.0 Å². The number of fused-ring (bicyclic) bond motifs is 1. The fourth-order valence-electron chi connectivity index (χ4n) is 3.06. The summed E-state index contributed by atoms with van der Waals surface area (Å²) < 4.78 is 2.85. The van der Waals surface area contributed by atoms with Gasteiger partial charge in [0.25, 0.3) is 0 Å². The van der Waals surface area contributed by atoms with Crippen molar-refractivity contribution in [3.05, 3.63) is 40.6 Å². The molecule has 0 aromatic carbocycles. The minimum Gasteiger partial charge on any atom is -0.368 e. The minimum atomic E-state index is -0.337. The molecule has 3 N–H and O–H groups in total. The van der Waals surface area contributed by atoms with Gasteiger partial charge in [-0.25, -0.2) is 24.4 Å². The van der Waals surface area contributed by atoms with Crippen molar-refractivity contribution in [2.24, 2.45) is 0 Å². The summed E-state index contributed by atoms with van der Waals surface area (Å²) in [6.07, 6.45) is 4.13. The van der Waals surface area contributed by atoms with Gasteiger partial charge in [-0.05, 0) is 32.5 Å². The van der Waals surface area contributed by atoms with E-state index in [1.807, 2.05) is 38.5 Å². The molecule has 0 aliphatic rings. The predicted octanol–water partition coefficient (Wildman–Crippen LogP) is 3.51. The van der Waals surface area contributed by atoms with Gasteiger partial charge in [-0.1, -0.05) is 0 Å². The molecule has 4 rings (SSSR count). The van der Waals surface area contributed by atoms with Crippen LogP contribution in [0.2, 0.25) is 0 Å². The van der Waals surface area contributed by atoms with E-state index in [1.54, 1.807) is 28.5 Å². The Labute approximate surface area is 193 Å². The van der Waals surface area contributed by atoms with Crippen molar-refractivity contribution in [3.8, 4) is 0 Å². The van der Waals surface area contributed by atoms with Crippen molar-refractivity contribution in [1.29, 1.82) is 0 Å². The molecule has 0 saturated carbocycles. The fourth-order valence-corrected chi connectivity index (χ4v) is 4.67. The highest BCUT2D eigenvalue weighted by Crippen LogP contribution is 2.25. The quantitative estimate of drug-likeness (QED) is 0.342. The van der Waals surface area contributed by atoms with Crippen LogP contribution in [0.3, 0.4) is 0 Å². The second-order valence-corrected chi connectivity index (χ2v) is 9.47. The highest BCUT2D eigenvalue weighted by molar-refractivity contribution is 7.17. The van der Waals surface area contributed by atoms with Crippen LogP contribution in [0.5, 0.6) is 0 Å². The number of likely N-dealkylation sites (N-methyl/N-ethyl adjacent to an activating group) is 1. The minimum absolute atomic E-state index is 0.337. The van der Waals surface area contributed by atoms with Gasteiger partial charge < -0.3 is 10.2 Å². The molecule has 0 bridgehead atoms. The molecule has 0 atom stereocenters. The van der Waals surface area contributed by atoms with Crippen molar-refractivity contribution in [2.45, 2.75) is 19.9 Å². The Morgan fingerprint density at radius 3 is 2.94 bits per heavy atom. The highest BCUT2D eigenvalue weighted by atomic mass is 32.1. The summed E-state index contributed by atoms with van der Waals surface area (Å²) >= 11 is 3.07. The van der Waals surface area contributed by atoms with Crippen LogP contribution in [0.15, 0.2) is 30.0 Å². The summed E-state index contributed by atoms with van der Waals surface area (Å²) in [4.78, 5) is 28.5. The first-order valence-electron chi connectivity index (χ1n) is 10.1. The maximum atomic E-state index is 12.5. The smallest absolute Gasteiger partial charge is 0.326 e. The van der Waals surface area contributed by atoms with E-state index < -0.39 is 0 Å². The van der Waals surface area contributed by atoms with E-state index >= 15 is 0 Å². The third-order valence-corrected chi connectivity index (χ3v) is 6.47. The number of nitrogens with one attached hydrogen (secondary N) is 3. The molecule has 0 saturated heterocycles. The van der Waals surface area contributed by atoms with Crippen molar-refractivity contribution in [2.75, 3.05) is 43.1 Å². The van der Waals surface area contributed by atoms with Gasteiger partial charge in [0.2, 0.25) is 0 Å². The molecule has 0 radical (unpaired) electrons. The molecule has 0 aliphatic carbocycles. The highest BCUT2D eigenvalue weighted by Gasteiger charge is 2.12. The largest absolute Gasteiger partial charge is 0.368 e. The van der Waals surface area contributed by atoms with Crippen LogP contribution in [0.1, 0.15) is 10.6 Å². The van der Waals surface area contributed by atoms with E-state index in [0.717, 1.165) is 39.6 Å². The Morgan fingerprint density at radius 1 is 1.22 bits per heavy atom. The average molecular weight is 472 g/mol. The Bertz CT molecular complexity index is 1200. The molecule has 0 aliphatic heterocycles. The number of thiophene rings is 1. The molecular weight excluding hydrogens is 446 g/mol. The SMILES string of the molecule is Cc1cc(NC(=O)Nc2ncc(CCNc3ncnc4ccsc34)s2)n(CCN(C)C)n1. The van der Waals surface area contributed by atoms with E-state index in [4.69, 9.17) is 0 Å². The summed E-state index contributed by atoms with van der Waals surface area (Å²) in [5.74, 6) is 1.50. The molecule has 2 amide bonds. The topological polar surface area (TPSA) is 113 Å². The summed E-state index contributed by atoms with van der Waals surface area (Å²) in [5.41, 5.74) is 1.80. The lowest BCUT2D eigenvalue weighted by Crippen LogP contribution is -2.24. The first-order chi connectivity index (χ1) is 15.5. The van der Waals surface area contributed by atoms with E-state index in [9.17, 15) is 4.79 Å². The number of hydrogen-bond acceptors (Lipinski definition) is 9. The lowest BCUT2D eigenvalue weighted by Gasteiger charge is -2.12. The van der Waals surface area contributed by atoms with Crippen LogP contribution < -0.4 is 16.0 Å². The number of carbonyl (C=O) groups is 1. The number of rotatable bonds is 9. The van der Waals surface area contributed by atoms with Crippen molar-refractivity contribution in [1.82, 2.24) is 29.6 Å². The monoisotopic (exact) mass is 471 g/mol. The van der Waals surface area contributed by atoms with Gasteiger partial charge in [0.1, 0.15) is 18.0 Å². The van der Waals surface area contributed by atoms with Crippen molar-refractivity contribution >= 4 is 55.7 Å². The normalized spacial score (nSPS) is 11.2. The number of nitrogens with zero attached hydrogens (tertiary/aromatic N) is 6. The first kappa shape index (κ1) is 22.1. The zero-order valence-electron chi connectivity index (χ0n) is 18.1. The molecule has 12 heteroatoms. The Hall–Kier alpha value is -3.09. The maximum Gasteiger partial charge on any atom is 0.326 e. The van der Waals surface area contributed by atoms with Crippen LogP contribution >= 0.6 is 22.7 Å². The maximum absolute atomic E-state index is 12.5. The van der Waals surface area contributed by atoms with E-state index in [1.165, 1.54) is 11.3 Å². The van der Waals surface area contributed by atoms with Gasteiger partial charge in [0, 0.05) is 36.7 Å². The number of urea groups is 1. The van der Waals surface area contributed by atoms with Gasteiger partial charge in [0.15, 0.2) is 5.13 Å². The molecule has 4 aromatic rings. The van der Waals surface area contributed by atoms with E-state index in [-0.39, 0.29) is 6.03 Å². The molecular formula is C20H25N9OS2. The summed E-state index contributed by atoms with van der Waals surface area (Å²) in [5, 5.41) is 16.0. The fraction of sp³-hybridized carbons (Fsp3) is 0.350. The first-order valence-corrected chi connectivity index (χ1v) is 11.8. The molecule has 0 spiro atoms. The molecule has 168 valence electrons. The standard InChI is InChI=1S/C20H25N9OS2/c1-13-10-16(29(27-13)8-7-28(2)3)25-19(30)26-20-22-11-14(32-20)4-6-21-18-17-15(5-9-31-17)23-12-24-18/h5,9-12H,4,6-8H2,1-3H3,(H,21,23,24)(H2,22,25,26,30). The molecule has 4 heterocycles. The average Bonchev–Trinajstić information content (AvgIpc) is 3.47. The number of carbonyl (C=O) groups excluding carboxylic acids is 1. The number of aromatic nitrogens is 5. The van der Waals surface area contributed by atoms with E-state index in [2.05, 4.69) is 40.9 Å². The van der Waals surface area contributed by atoms with Crippen molar-refractivity contribution in [3.63, 3.8) is 0 Å². The second kappa shape index (κ2) is 10.0. The second-order valence-electron chi connectivity index (χ2n) is 7.44. The molecule has 4 aromatic heterocycles. The zero-order chi connectivity index (χ0) is 22.5. The number of hydrogen-bond donors (Lipinski definition) is 3. The van der Waals surface area contributed by atoms with Crippen LogP contribution in [0.25, 0.3) is 10.2 Å². The zero-order valence-corrected chi connectivity index (χ0v) is 19.8. The van der Waals surface area contributed by atoms with Gasteiger partial charge in [-0.15, -0.1) is 22.7 Å². The Balaban J connectivity index is 1.29. The summed E-state index contributed by atoms with van der Waals surface area (Å²) in [7, 11) is 4.00. The van der Waals surface area contributed by atoms with Gasteiger partial charge in [-0.2, -0.15) is 5.10 Å². The van der Waals surface area contributed by atoms with Crippen molar-refractivity contribution < 1.29 is 4.79 Å². The molecule has 0 fully saturated rings. The molecule has 10 nitrogen and oxygen atoms in total. The lowest BCUT2D eigenvalue weighted by molar-refractivity contribution is 0.262. The Kier molecular flexibility index (Phi) is 6.93. The summed E-state index contributed by atoms with van der Waals surface area (Å²) in [6, 6.07) is 3.50. The molecule has 0 unspecified atom stereocenters. The lowest BCUT2D eigenvalue weighted by atomic mass is 10.3. The van der Waals surface area contributed by atoms with Gasteiger partial charge >= 0.3 is 6.03 Å².